The highest BCUT2D eigenvalue weighted by Gasteiger charge is 2.34. The van der Waals surface area contributed by atoms with Gasteiger partial charge in [0, 0.05) is 11.1 Å². The highest BCUT2D eigenvalue weighted by Crippen LogP contribution is 2.37. The van der Waals surface area contributed by atoms with E-state index in [-0.39, 0.29) is 34.8 Å². The Morgan fingerprint density at radius 3 is 2.76 bits per heavy atom. The van der Waals surface area contributed by atoms with Crippen molar-refractivity contribution in [2.45, 2.75) is 19.9 Å². The molecule has 1 aliphatic heterocycles. The monoisotopic (exact) mass is 617 g/mol. The zero-order valence-corrected chi connectivity index (χ0v) is 23.4. The van der Waals surface area contributed by atoms with Gasteiger partial charge in [0.15, 0.2) is 4.80 Å². The lowest BCUT2D eigenvalue weighted by molar-refractivity contribution is -0.385. The first-order chi connectivity index (χ1) is 18.2. The molecule has 0 saturated heterocycles. The second-order valence-electron chi connectivity index (χ2n) is 8.03. The van der Waals surface area contributed by atoms with E-state index >= 15 is 0 Å². The Morgan fingerprint density at radius 1 is 1.37 bits per heavy atom. The number of ether oxygens (including phenoxy) is 2. The topological polar surface area (TPSA) is 113 Å². The fraction of sp³-hybridized carbons (Fsp3) is 0.192. The predicted molar refractivity (Wildman–Crippen MR) is 148 cm³/mol. The van der Waals surface area contributed by atoms with Gasteiger partial charge in [-0.05, 0) is 59.1 Å². The maximum absolute atomic E-state index is 13.7. The zero-order chi connectivity index (χ0) is 27.6. The van der Waals surface area contributed by atoms with Crippen molar-refractivity contribution < 1.29 is 19.2 Å². The molecular weight excluding hydrogens is 598 g/mol. The number of thiazole rings is 1. The third-order valence-electron chi connectivity index (χ3n) is 5.60. The van der Waals surface area contributed by atoms with Gasteiger partial charge in [-0.3, -0.25) is 19.5 Å². The average Bonchev–Trinajstić information content (AvgIpc) is 3.17. The smallest absolute Gasteiger partial charge is 0.338 e. The SMILES string of the molecule is C=CCOc1c(Br)cc(/C=c2\sc3n(c2=O)[C@H](c2ccccc2Cl)C(C(=O)OCC)=C(C)N=3)cc1[N+](=O)[O-]. The van der Waals surface area contributed by atoms with Gasteiger partial charge in [0.1, 0.15) is 12.6 Å². The summed E-state index contributed by atoms with van der Waals surface area (Å²) < 4.78 is 12.8. The lowest BCUT2D eigenvalue weighted by Gasteiger charge is -2.25. The van der Waals surface area contributed by atoms with Crippen LogP contribution in [0.4, 0.5) is 5.69 Å². The van der Waals surface area contributed by atoms with Gasteiger partial charge < -0.3 is 9.47 Å². The average molecular weight is 619 g/mol. The summed E-state index contributed by atoms with van der Waals surface area (Å²) >= 11 is 10.9. The maximum Gasteiger partial charge on any atom is 0.338 e. The van der Waals surface area contributed by atoms with E-state index in [4.69, 9.17) is 21.1 Å². The van der Waals surface area contributed by atoms with E-state index in [1.807, 2.05) is 0 Å². The summed E-state index contributed by atoms with van der Waals surface area (Å²) in [5.41, 5.74) is 0.856. The number of carbonyl (C=O) groups excluding carboxylic acids is 1. The minimum absolute atomic E-state index is 0.0573. The minimum atomic E-state index is -0.864. The quantitative estimate of drug-likeness (QED) is 0.157. The Balaban J connectivity index is 1.94. The molecule has 12 heteroatoms. The molecule has 1 aromatic heterocycles. The molecule has 0 N–H and O–H groups in total. The molecule has 0 bridgehead atoms. The maximum atomic E-state index is 13.7. The van der Waals surface area contributed by atoms with Crippen molar-refractivity contribution in [3.05, 3.63) is 111 Å². The Hall–Kier alpha value is -3.54. The van der Waals surface area contributed by atoms with E-state index < -0.39 is 22.5 Å². The number of nitro groups is 1. The van der Waals surface area contributed by atoms with Crippen LogP contribution in [0.2, 0.25) is 5.02 Å². The molecule has 38 heavy (non-hydrogen) atoms. The number of esters is 1. The summed E-state index contributed by atoms with van der Waals surface area (Å²) in [5, 5.41) is 12.1. The Bertz CT molecular complexity index is 1680. The van der Waals surface area contributed by atoms with Crippen LogP contribution in [0, 0.1) is 10.1 Å². The Kier molecular flexibility index (Phi) is 8.29. The fourth-order valence-electron chi connectivity index (χ4n) is 4.04. The summed E-state index contributed by atoms with van der Waals surface area (Å²) in [7, 11) is 0. The molecule has 0 fully saturated rings. The van der Waals surface area contributed by atoms with Gasteiger partial charge in [-0.2, -0.15) is 0 Å². The second-order valence-corrected chi connectivity index (χ2v) is 10.3. The number of aromatic nitrogens is 1. The highest BCUT2D eigenvalue weighted by atomic mass is 79.9. The number of hydrogen-bond donors (Lipinski definition) is 0. The number of hydrogen-bond acceptors (Lipinski definition) is 8. The summed E-state index contributed by atoms with van der Waals surface area (Å²) in [6.45, 7) is 7.16. The summed E-state index contributed by atoms with van der Waals surface area (Å²) in [5.74, 6) is -0.537. The molecule has 3 aromatic rings. The van der Waals surface area contributed by atoms with Crippen molar-refractivity contribution >= 4 is 56.6 Å². The van der Waals surface area contributed by atoms with Crippen molar-refractivity contribution in [2.75, 3.05) is 13.2 Å². The van der Waals surface area contributed by atoms with Gasteiger partial charge in [-0.15, -0.1) is 0 Å². The number of nitro benzene ring substituents is 1. The molecule has 0 radical (unpaired) electrons. The molecular formula is C26H21BrClN3O6S. The van der Waals surface area contributed by atoms with Crippen LogP contribution >= 0.6 is 38.9 Å². The molecule has 0 spiro atoms. The van der Waals surface area contributed by atoms with Crippen molar-refractivity contribution in [3.63, 3.8) is 0 Å². The molecule has 0 amide bonds. The molecule has 4 rings (SSSR count). The molecule has 0 saturated carbocycles. The van der Waals surface area contributed by atoms with E-state index in [1.54, 1.807) is 44.2 Å². The summed E-state index contributed by atoms with van der Waals surface area (Å²) in [6, 6.07) is 9.01. The van der Waals surface area contributed by atoms with Crippen LogP contribution in [0.3, 0.4) is 0 Å². The van der Waals surface area contributed by atoms with Gasteiger partial charge in [-0.1, -0.05) is 53.8 Å². The molecule has 2 heterocycles. The van der Waals surface area contributed by atoms with E-state index in [0.29, 0.717) is 31.1 Å². The van der Waals surface area contributed by atoms with E-state index in [1.165, 1.54) is 22.8 Å². The first-order valence-electron chi connectivity index (χ1n) is 11.3. The number of halogens is 2. The molecule has 1 aliphatic rings. The van der Waals surface area contributed by atoms with E-state index in [2.05, 4.69) is 27.5 Å². The highest BCUT2D eigenvalue weighted by molar-refractivity contribution is 9.10. The van der Waals surface area contributed by atoms with E-state index in [9.17, 15) is 19.7 Å². The van der Waals surface area contributed by atoms with Crippen LogP contribution in [-0.4, -0.2) is 28.7 Å². The Morgan fingerprint density at radius 2 is 2.11 bits per heavy atom. The molecule has 9 nitrogen and oxygen atoms in total. The number of fused-ring (bicyclic) bond motifs is 1. The third-order valence-corrected chi connectivity index (χ3v) is 7.52. The summed E-state index contributed by atoms with van der Waals surface area (Å²) in [6.07, 6.45) is 3.01. The van der Waals surface area contributed by atoms with Crippen molar-refractivity contribution in [1.82, 2.24) is 4.57 Å². The van der Waals surface area contributed by atoms with Crippen LogP contribution in [0.5, 0.6) is 5.75 Å². The number of nitrogens with zero attached hydrogens (tertiary/aromatic N) is 3. The minimum Gasteiger partial charge on any atom is -0.482 e. The number of rotatable bonds is 8. The van der Waals surface area contributed by atoms with Gasteiger partial charge >= 0.3 is 11.7 Å². The molecule has 0 aliphatic carbocycles. The zero-order valence-electron chi connectivity index (χ0n) is 20.3. The Labute approximate surface area is 234 Å². The fourth-order valence-corrected chi connectivity index (χ4v) is 5.90. The van der Waals surface area contributed by atoms with Crippen LogP contribution < -0.4 is 19.6 Å². The van der Waals surface area contributed by atoms with Crippen LogP contribution in [0.1, 0.15) is 31.0 Å². The van der Waals surface area contributed by atoms with Gasteiger partial charge in [0.25, 0.3) is 5.56 Å². The van der Waals surface area contributed by atoms with E-state index in [0.717, 1.165) is 11.3 Å². The van der Waals surface area contributed by atoms with Crippen molar-refractivity contribution in [2.24, 2.45) is 4.99 Å². The largest absolute Gasteiger partial charge is 0.482 e. The normalized spacial score (nSPS) is 15.1. The first kappa shape index (κ1) is 27.5. The van der Waals surface area contributed by atoms with Gasteiger partial charge in [-0.25, -0.2) is 9.79 Å². The second kappa shape index (κ2) is 11.5. The molecule has 2 aromatic carbocycles. The lowest BCUT2D eigenvalue weighted by atomic mass is 9.96. The van der Waals surface area contributed by atoms with Gasteiger partial charge in [0.2, 0.25) is 5.75 Å². The van der Waals surface area contributed by atoms with Gasteiger partial charge in [0.05, 0.1) is 31.8 Å². The molecule has 196 valence electrons. The predicted octanol–water partition coefficient (Wildman–Crippen LogP) is 4.69. The third kappa shape index (κ3) is 5.22. The van der Waals surface area contributed by atoms with Crippen LogP contribution in [0.15, 0.2) is 74.6 Å². The van der Waals surface area contributed by atoms with Crippen molar-refractivity contribution in [3.8, 4) is 5.75 Å². The standard InChI is InChI=1S/C26H21BrClN3O6S/c1-4-10-37-23-17(27)11-15(12-19(23)31(34)35)13-20-24(32)30-22(16-8-6-7-9-18(16)28)21(25(33)36-5-2)14(3)29-26(30)38-20/h4,6-9,11-13,22H,1,5,10H2,2-3H3/b20-13-/t22-/m1/s1. The van der Waals surface area contributed by atoms with Crippen LogP contribution in [0.25, 0.3) is 6.08 Å². The number of benzene rings is 2. The van der Waals surface area contributed by atoms with Crippen LogP contribution in [-0.2, 0) is 9.53 Å². The van der Waals surface area contributed by atoms with Crippen molar-refractivity contribution in [1.29, 1.82) is 0 Å². The first-order valence-corrected chi connectivity index (χ1v) is 13.3. The molecule has 0 unspecified atom stereocenters. The summed E-state index contributed by atoms with van der Waals surface area (Å²) in [4.78, 5) is 42.7. The lowest BCUT2D eigenvalue weighted by Crippen LogP contribution is -2.40. The molecule has 1 atom stereocenters. The number of carbonyl (C=O) groups is 1. The number of allylic oxidation sites excluding steroid dienone is 1.